The fourth-order valence-electron chi connectivity index (χ4n) is 2.81. The van der Waals surface area contributed by atoms with Crippen molar-refractivity contribution in [2.45, 2.75) is 45.3 Å². The standard InChI is InChI=1S/C15H21ClN2O2/c1-4-20-13-6-5-10(16)7-11(13)15-12(17)8-14(19)18(15)9(2)3/h5-7,9,12,15H,4,8,17H2,1-3H3. The minimum atomic E-state index is -0.234. The van der Waals surface area contributed by atoms with Crippen LogP contribution in [0.4, 0.5) is 0 Å². The number of rotatable bonds is 4. The molecule has 1 heterocycles. The van der Waals surface area contributed by atoms with Gasteiger partial charge >= 0.3 is 0 Å². The minimum absolute atomic E-state index is 0.0833. The molecule has 0 radical (unpaired) electrons. The fraction of sp³-hybridized carbons (Fsp3) is 0.533. The lowest BCUT2D eigenvalue weighted by Crippen LogP contribution is -2.37. The molecule has 4 nitrogen and oxygen atoms in total. The highest BCUT2D eigenvalue weighted by atomic mass is 35.5. The van der Waals surface area contributed by atoms with Crippen molar-refractivity contribution in [3.63, 3.8) is 0 Å². The summed E-state index contributed by atoms with van der Waals surface area (Å²) in [5.41, 5.74) is 7.08. The maximum atomic E-state index is 12.1. The Kier molecular flexibility index (Phi) is 4.55. The summed E-state index contributed by atoms with van der Waals surface area (Å²) in [7, 11) is 0. The van der Waals surface area contributed by atoms with Crippen LogP contribution in [0.5, 0.6) is 5.75 Å². The van der Waals surface area contributed by atoms with E-state index in [1.54, 1.807) is 6.07 Å². The second-order valence-electron chi connectivity index (χ2n) is 5.32. The molecule has 1 aliphatic rings. The summed E-state index contributed by atoms with van der Waals surface area (Å²) in [4.78, 5) is 14.0. The zero-order valence-electron chi connectivity index (χ0n) is 12.1. The normalized spacial score (nSPS) is 22.7. The van der Waals surface area contributed by atoms with Crippen LogP contribution < -0.4 is 10.5 Å². The number of hydrogen-bond donors (Lipinski definition) is 1. The molecule has 1 fully saturated rings. The van der Waals surface area contributed by atoms with Gasteiger partial charge in [0.25, 0.3) is 0 Å². The summed E-state index contributed by atoms with van der Waals surface area (Å²) in [6.45, 7) is 6.48. The van der Waals surface area contributed by atoms with Crippen molar-refractivity contribution in [1.82, 2.24) is 4.90 Å². The second-order valence-corrected chi connectivity index (χ2v) is 5.76. The molecule has 0 spiro atoms. The van der Waals surface area contributed by atoms with Crippen LogP contribution in [-0.4, -0.2) is 29.5 Å². The smallest absolute Gasteiger partial charge is 0.225 e. The van der Waals surface area contributed by atoms with E-state index in [1.165, 1.54) is 0 Å². The number of hydrogen-bond acceptors (Lipinski definition) is 3. The number of ether oxygens (including phenoxy) is 1. The van der Waals surface area contributed by atoms with Crippen LogP contribution in [0, 0.1) is 0 Å². The van der Waals surface area contributed by atoms with Gasteiger partial charge in [0.1, 0.15) is 5.75 Å². The summed E-state index contributed by atoms with van der Waals surface area (Å²) >= 11 is 6.11. The predicted octanol–water partition coefficient (Wildman–Crippen LogP) is 2.75. The monoisotopic (exact) mass is 296 g/mol. The molecule has 110 valence electrons. The van der Waals surface area contributed by atoms with E-state index in [9.17, 15) is 4.79 Å². The van der Waals surface area contributed by atoms with E-state index in [-0.39, 0.29) is 24.0 Å². The summed E-state index contributed by atoms with van der Waals surface area (Å²) in [6, 6.07) is 5.16. The minimum Gasteiger partial charge on any atom is -0.494 e. The first-order valence-electron chi connectivity index (χ1n) is 6.94. The van der Waals surface area contributed by atoms with Crippen molar-refractivity contribution in [2.24, 2.45) is 5.73 Å². The number of amides is 1. The third-order valence-electron chi connectivity index (χ3n) is 3.55. The molecule has 1 aromatic carbocycles. The Morgan fingerprint density at radius 2 is 2.20 bits per heavy atom. The summed E-state index contributed by atoms with van der Waals surface area (Å²) < 4.78 is 5.66. The molecule has 1 aromatic rings. The largest absolute Gasteiger partial charge is 0.494 e. The zero-order chi connectivity index (χ0) is 14.9. The Labute approximate surface area is 124 Å². The number of nitrogens with zero attached hydrogens (tertiary/aromatic N) is 1. The van der Waals surface area contributed by atoms with Crippen molar-refractivity contribution in [3.05, 3.63) is 28.8 Å². The number of benzene rings is 1. The van der Waals surface area contributed by atoms with Crippen molar-refractivity contribution < 1.29 is 9.53 Å². The molecule has 0 aliphatic carbocycles. The molecule has 2 atom stereocenters. The number of carbonyl (C=O) groups excluding carboxylic acids is 1. The first-order chi connectivity index (χ1) is 9.45. The average Bonchev–Trinajstić information content (AvgIpc) is 2.66. The molecule has 5 heteroatoms. The molecule has 20 heavy (non-hydrogen) atoms. The molecule has 0 bridgehead atoms. The summed E-state index contributed by atoms with van der Waals surface area (Å²) in [5.74, 6) is 0.831. The third kappa shape index (κ3) is 2.76. The number of halogens is 1. The molecule has 1 saturated heterocycles. The van der Waals surface area contributed by atoms with Crippen molar-refractivity contribution in [3.8, 4) is 5.75 Å². The van der Waals surface area contributed by atoms with Crippen LogP contribution in [0.25, 0.3) is 0 Å². The van der Waals surface area contributed by atoms with Crippen LogP contribution in [0.1, 0.15) is 38.8 Å². The molecule has 2 N–H and O–H groups in total. The van der Waals surface area contributed by atoms with E-state index in [4.69, 9.17) is 22.1 Å². The van der Waals surface area contributed by atoms with Gasteiger partial charge in [0.05, 0.1) is 12.6 Å². The lowest BCUT2D eigenvalue weighted by atomic mass is 9.99. The van der Waals surface area contributed by atoms with Crippen LogP contribution >= 0.6 is 11.6 Å². The first kappa shape index (κ1) is 15.1. The Bertz CT molecular complexity index is 505. The molecular weight excluding hydrogens is 276 g/mol. The molecular formula is C15H21ClN2O2. The maximum Gasteiger partial charge on any atom is 0.225 e. The van der Waals surface area contributed by atoms with Gasteiger partial charge in [-0.1, -0.05) is 11.6 Å². The second kappa shape index (κ2) is 6.02. The molecule has 2 unspecified atom stereocenters. The third-order valence-corrected chi connectivity index (χ3v) is 3.79. The number of nitrogens with two attached hydrogens (primary N) is 1. The van der Waals surface area contributed by atoms with Crippen LogP contribution in [0.15, 0.2) is 18.2 Å². The Morgan fingerprint density at radius 1 is 1.50 bits per heavy atom. The highest BCUT2D eigenvalue weighted by Crippen LogP contribution is 2.39. The number of carbonyl (C=O) groups is 1. The molecule has 0 saturated carbocycles. The van der Waals surface area contributed by atoms with Crippen LogP contribution in [0.2, 0.25) is 5.02 Å². The van der Waals surface area contributed by atoms with Gasteiger partial charge in [0, 0.05) is 29.1 Å². The van der Waals surface area contributed by atoms with Crippen molar-refractivity contribution >= 4 is 17.5 Å². The van der Waals surface area contributed by atoms with Gasteiger partial charge in [-0.05, 0) is 39.0 Å². The lowest BCUT2D eigenvalue weighted by Gasteiger charge is -2.31. The quantitative estimate of drug-likeness (QED) is 0.929. The van der Waals surface area contributed by atoms with E-state index < -0.39 is 0 Å². The highest BCUT2D eigenvalue weighted by molar-refractivity contribution is 6.30. The van der Waals surface area contributed by atoms with Gasteiger partial charge in [-0.15, -0.1) is 0 Å². The van der Waals surface area contributed by atoms with Crippen LogP contribution in [0.3, 0.4) is 0 Å². The van der Waals surface area contributed by atoms with E-state index >= 15 is 0 Å². The molecule has 0 aromatic heterocycles. The van der Waals surface area contributed by atoms with Gasteiger partial charge in [-0.3, -0.25) is 4.79 Å². The number of likely N-dealkylation sites (tertiary alicyclic amines) is 1. The van der Waals surface area contributed by atoms with E-state index in [1.807, 2.05) is 37.8 Å². The van der Waals surface area contributed by atoms with E-state index in [0.29, 0.717) is 18.1 Å². The SMILES string of the molecule is CCOc1ccc(Cl)cc1C1C(N)CC(=O)N1C(C)C. The molecule has 1 aliphatic heterocycles. The summed E-state index contributed by atoms with van der Waals surface area (Å²) in [5, 5.41) is 0.624. The topological polar surface area (TPSA) is 55.6 Å². The molecule has 2 rings (SSSR count). The van der Waals surface area contributed by atoms with Gasteiger partial charge < -0.3 is 15.4 Å². The fourth-order valence-corrected chi connectivity index (χ4v) is 2.99. The predicted molar refractivity (Wildman–Crippen MR) is 79.9 cm³/mol. The zero-order valence-corrected chi connectivity index (χ0v) is 12.9. The van der Waals surface area contributed by atoms with E-state index in [2.05, 4.69) is 0 Å². The Hall–Kier alpha value is -1.26. The first-order valence-corrected chi connectivity index (χ1v) is 7.32. The van der Waals surface area contributed by atoms with Gasteiger partial charge in [-0.25, -0.2) is 0 Å². The average molecular weight is 297 g/mol. The van der Waals surface area contributed by atoms with Crippen molar-refractivity contribution in [1.29, 1.82) is 0 Å². The highest BCUT2D eigenvalue weighted by Gasteiger charge is 2.41. The lowest BCUT2D eigenvalue weighted by molar-refractivity contribution is -0.130. The molecule has 1 amide bonds. The van der Waals surface area contributed by atoms with Gasteiger partial charge in [0.2, 0.25) is 5.91 Å². The van der Waals surface area contributed by atoms with E-state index in [0.717, 1.165) is 11.3 Å². The van der Waals surface area contributed by atoms with Crippen LogP contribution in [-0.2, 0) is 4.79 Å². The maximum absolute atomic E-state index is 12.1. The Balaban J connectivity index is 2.47. The van der Waals surface area contributed by atoms with Gasteiger partial charge in [-0.2, -0.15) is 0 Å². The van der Waals surface area contributed by atoms with Gasteiger partial charge in [0.15, 0.2) is 0 Å². The van der Waals surface area contributed by atoms with Crippen molar-refractivity contribution in [2.75, 3.05) is 6.61 Å². The Morgan fingerprint density at radius 3 is 2.80 bits per heavy atom. The summed E-state index contributed by atoms with van der Waals surface area (Å²) in [6.07, 6.45) is 0.362.